The van der Waals surface area contributed by atoms with Gasteiger partial charge in [-0.15, -0.1) is 0 Å². The van der Waals surface area contributed by atoms with E-state index in [0.29, 0.717) is 12.1 Å². The van der Waals surface area contributed by atoms with Crippen molar-refractivity contribution < 1.29 is 18.3 Å². The number of amides is 1. The van der Waals surface area contributed by atoms with Gasteiger partial charge in [-0.1, -0.05) is 42.5 Å². The van der Waals surface area contributed by atoms with Gasteiger partial charge in [-0.2, -0.15) is 0 Å². The van der Waals surface area contributed by atoms with E-state index in [0.717, 1.165) is 22.0 Å². The maximum Gasteiger partial charge on any atom is 0.267 e. The van der Waals surface area contributed by atoms with E-state index in [2.05, 4.69) is 15.0 Å². The van der Waals surface area contributed by atoms with Crippen molar-refractivity contribution in [1.82, 2.24) is 15.0 Å². The minimum atomic E-state index is -3.59. The van der Waals surface area contributed by atoms with E-state index < -0.39 is 10.0 Å². The molecule has 2 aromatic carbocycles. The van der Waals surface area contributed by atoms with Crippen LogP contribution in [0.5, 0.6) is 0 Å². The lowest BCUT2D eigenvalue weighted by Crippen LogP contribution is -2.42. The van der Waals surface area contributed by atoms with E-state index in [1.807, 2.05) is 48.5 Å². The van der Waals surface area contributed by atoms with Gasteiger partial charge < -0.3 is 15.4 Å². The van der Waals surface area contributed by atoms with Crippen molar-refractivity contribution in [2.45, 2.75) is 18.4 Å². The predicted molar refractivity (Wildman–Crippen MR) is 111 cm³/mol. The molecular weight excluding hydrogens is 390 g/mol. The SMILES string of the molecule is O=C(N[C@@H]1Cc2ccccc2[C@H]1CS(=O)(=O)NCCO)c1cc2ccccc2[nH]1. The zero-order valence-electron chi connectivity index (χ0n) is 15.8. The summed E-state index contributed by atoms with van der Waals surface area (Å²) in [5.74, 6) is -0.776. The number of carbonyl (C=O) groups is 1. The van der Waals surface area contributed by atoms with Crippen LogP contribution in [-0.4, -0.2) is 49.4 Å². The van der Waals surface area contributed by atoms with Gasteiger partial charge in [-0.25, -0.2) is 13.1 Å². The number of benzene rings is 2. The summed E-state index contributed by atoms with van der Waals surface area (Å²) in [6.07, 6.45) is 0.572. The van der Waals surface area contributed by atoms with Crippen LogP contribution in [0, 0.1) is 0 Å². The quantitative estimate of drug-likeness (QED) is 0.471. The number of para-hydroxylation sites is 1. The third-order valence-corrected chi connectivity index (χ3v) is 6.75. The molecule has 0 aliphatic heterocycles. The topological polar surface area (TPSA) is 111 Å². The highest BCUT2D eigenvalue weighted by Gasteiger charge is 2.36. The third kappa shape index (κ3) is 4.19. The van der Waals surface area contributed by atoms with Gasteiger partial charge in [0.15, 0.2) is 0 Å². The number of hydrogen-bond donors (Lipinski definition) is 4. The van der Waals surface area contributed by atoms with Crippen LogP contribution in [0.2, 0.25) is 0 Å². The number of H-pyrrole nitrogens is 1. The van der Waals surface area contributed by atoms with Gasteiger partial charge in [0.05, 0.1) is 12.4 Å². The molecule has 8 heteroatoms. The molecule has 0 spiro atoms. The highest BCUT2D eigenvalue weighted by molar-refractivity contribution is 7.89. The lowest BCUT2D eigenvalue weighted by molar-refractivity contribution is 0.0930. The summed E-state index contributed by atoms with van der Waals surface area (Å²) in [5, 5.41) is 12.9. The Balaban J connectivity index is 1.57. The molecule has 29 heavy (non-hydrogen) atoms. The molecule has 152 valence electrons. The molecule has 4 N–H and O–H groups in total. The van der Waals surface area contributed by atoms with E-state index in [9.17, 15) is 13.2 Å². The molecule has 3 aromatic rings. The normalized spacial score (nSPS) is 18.7. The first kappa shape index (κ1) is 19.6. The average molecular weight is 413 g/mol. The van der Waals surface area contributed by atoms with E-state index in [1.165, 1.54) is 0 Å². The summed E-state index contributed by atoms with van der Waals surface area (Å²) in [6, 6.07) is 16.8. The van der Waals surface area contributed by atoms with Crippen LogP contribution in [0.4, 0.5) is 0 Å². The van der Waals surface area contributed by atoms with E-state index in [-0.39, 0.29) is 36.8 Å². The predicted octanol–water partition coefficient (Wildman–Crippen LogP) is 1.52. The maximum atomic E-state index is 12.9. The van der Waals surface area contributed by atoms with Gasteiger partial charge in [0.1, 0.15) is 5.69 Å². The highest BCUT2D eigenvalue weighted by Crippen LogP contribution is 2.34. The van der Waals surface area contributed by atoms with Gasteiger partial charge in [0.25, 0.3) is 5.91 Å². The van der Waals surface area contributed by atoms with Crippen LogP contribution in [0.25, 0.3) is 10.9 Å². The third-order valence-electron chi connectivity index (χ3n) is 5.30. The number of rotatable bonds is 7. The molecule has 0 radical (unpaired) electrons. The number of aliphatic hydroxyl groups is 1. The fourth-order valence-electron chi connectivity index (χ4n) is 3.97. The van der Waals surface area contributed by atoms with Gasteiger partial charge in [-0.05, 0) is 29.7 Å². The van der Waals surface area contributed by atoms with Crippen molar-refractivity contribution in [1.29, 1.82) is 0 Å². The highest BCUT2D eigenvalue weighted by atomic mass is 32.2. The lowest BCUT2D eigenvalue weighted by Gasteiger charge is -2.22. The second-order valence-corrected chi connectivity index (χ2v) is 9.11. The molecule has 0 bridgehead atoms. The monoisotopic (exact) mass is 413 g/mol. The summed E-state index contributed by atoms with van der Waals surface area (Å²) in [7, 11) is -3.59. The van der Waals surface area contributed by atoms with Crippen LogP contribution in [-0.2, 0) is 16.4 Å². The number of hydrogen-bond acceptors (Lipinski definition) is 4. The molecule has 4 rings (SSSR count). The summed E-state index contributed by atoms with van der Waals surface area (Å²) in [4.78, 5) is 16.0. The Morgan fingerprint density at radius 2 is 1.90 bits per heavy atom. The van der Waals surface area contributed by atoms with Crippen molar-refractivity contribution in [2.24, 2.45) is 0 Å². The van der Waals surface area contributed by atoms with Crippen LogP contribution >= 0.6 is 0 Å². The van der Waals surface area contributed by atoms with Gasteiger partial charge in [0.2, 0.25) is 10.0 Å². The second kappa shape index (κ2) is 7.98. The van der Waals surface area contributed by atoms with Crippen molar-refractivity contribution >= 4 is 26.8 Å². The summed E-state index contributed by atoms with van der Waals surface area (Å²) in [5.41, 5.74) is 3.29. The number of fused-ring (bicyclic) bond motifs is 2. The second-order valence-electron chi connectivity index (χ2n) is 7.26. The van der Waals surface area contributed by atoms with Crippen LogP contribution < -0.4 is 10.0 Å². The first-order valence-corrected chi connectivity index (χ1v) is 11.2. The van der Waals surface area contributed by atoms with Crippen molar-refractivity contribution in [3.8, 4) is 0 Å². The van der Waals surface area contributed by atoms with E-state index in [1.54, 1.807) is 6.07 Å². The number of nitrogens with one attached hydrogen (secondary N) is 3. The molecule has 1 heterocycles. The fraction of sp³-hybridized carbons (Fsp3) is 0.286. The fourth-order valence-corrected chi connectivity index (χ4v) is 5.38. The minimum absolute atomic E-state index is 0.0250. The first-order chi connectivity index (χ1) is 14.0. The summed E-state index contributed by atoms with van der Waals surface area (Å²) >= 11 is 0. The maximum absolute atomic E-state index is 12.9. The van der Waals surface area contributed by atoms with E-state index >= 15 is 0 Å². The number of carbonyl (C=O) groups excluding carboxylic acids is 1. The Bertz CT molecular complexity index is 1110. The Hall–Kier alpha value is -2.68. The van der Waals surface area contributed by atoms with E-state index in [4.69, 9.17) is 5.11 Å². The lowest BCUT2D eigenvalue weighted by atomic mass is 10.0. The Labute approximate surface area is 169 Å². The number of sulfonamides is 1. The molecule has 1 aliphatic rings. The zero-order chi connectivity index (χ0) is 20.4. The smallest absolute Gasteiger partial charge is 0.267 e. The van der Waals surface area contributed by atoms with Gasteiger partial charge >= 0.3 is 0 Å². The number of aliphatic hydroxyl groups excluding tert-OH is 1. The van der Waals surface area contributed by atoms with Crippen LogP contribution in [0.1, 0.15) is 27.5 Å². The molecule has 1 aliphatic carbocycles. The Morgan fingerprint density at radius 1 is 1.14 bits per heavy atom. The zero-order valence-corrected chi connectivity index (χ0v) is 16.6. The first-order valence-electron chi connectivity index (χ1n) is 9.51. The van der Waals surface area contributed by atoms with Crippen LogP contribution in [0.15, 0.2) is 54.6 Å². The van der Waals surface area contributed by atoms with Crippen molar-refractivity contribution in [3.63, 3.8) is 0 Å². The molecular formula is C21H23N3O4S. The molecule has 7 nitrogen and oxygen atoms in total. The minimum Gasteiger partial charge on any atom is -0.395 e. The molecule has 0 unspecified atom stereocenters. The van der Waals surface area contributed by atoms with Gasteiger partial charge in [0, 0.05) is 29.4 Å². The molecule has 1 aromatic heterocycles. The molecule has 0 saturated carbocycles. The van der Waals surface area contributed by atoms with Crippen molar-refractivity contribution in [2.75, 3.05) is 18.9 Å². The van der Waals surface area contributed by atoms with Crippen LogP contribution in [0.3, 0.4) is 0 Å². The molecule has 0 saturated heterocycles. The molecule has 2 atom stereocenters. The summed E-state index contributed by atoms with van der Waals surface area (Å²) in [6.45, 7) is -0.288. The number of aromatic amines is 1. The standard InChI is InChI=1S/C21H23N3O4S/c25-10-9-22-29(27,28)13-17-16-7-3-1-5-14(16)11-19(17)24-21(26)20-12-15-6-2-4-8-18(15)23-20/h1-8,12,17,19,22-23,25H,9-11,13H2,(H,24,26)/t17-,19-/m1/s1. The molecule has 1 amide bonds. The largest absolute Gasteiger partial charge is 0.395 e. The Morgan fingerprint density at radius 3 is 2.69 bits per heavy atom. The molecule has 0 fully saturated rings. The van der Waals surface area contributed by atoms with Crippen molar-refractivity contribution in [3.05, 3.63) is 71.4 Å². The number of aromatic nitrogens is 1. The summed E-state index contributed by atoms with van der Waals surface area (Å²) < 4.78 is 27.3. The Kier molecular flexibility index (Phi) is 5.40. The average Bonchev–Trinajstić information content (AvgIpc) is 3.28. The van der Waals surface area contributed by atoms with Gasteiger partial charge in [-0.3, -0.25) is 4.79 Å².